The summed E-state index contributed by atoms with van der Waals surface area (Å²) in [5, 5.41) is 2.12. The summed E-state index contributed by atoms with van der Waals surface area (Å²) < 4.78 is 6.40. The lowest BCUT2D eigenvalue weighted by Gasteiger charge is -2.56. The number of nitrogens with zero attached hydrogens (tertiary/aromatic N) is 1. The van der Waals surface area contributed by atoms with Crippen molar-refractivity contribution in [1.82, 2.24) is 5.06 Å². The van der Waals surface area contributed by atoms with Crippen LogP contribution in [0.15, 0.2) is 0 Å². The van der Waals surface area contributed by atoms with E-state index >= 15 is 0 Å². The standard InChI is InChI=1S/C19H35NO3/c1-7-9-10-15-12-16(21)19(23-15)13-17(3,4)20(22-11-8-2)18(5,6)14-19/h15H,7-14H2,1-6H3. The van der Waals surface area contributed by atoms with Crippen LogP contribution in [0.3, 0.4) is 0 Å². The van der Waals surface area contributed by atoms with E-state index in [1.54, 1.807) is 0 Å². The molecule has 0 aliphatic carbocycles. The third-order valence-corrected chi connectivity index (χ3v) is 5.15. The van der Waals surface area contributed by atoms with Gasteiger partial charge in [-0.25, -0.2) is 0 Å². The van der Waals surface area contributed by atoms with E-state index in [-0.39, 0.29) is 17.2 Å². The number of hydrogen-bond acceptors (Lipinski definition) is 4. The van der Waals surface area contributed by atoms with E-state index in [9.17, 15) is 4.79 Å². The van der Waals surface area contributed by atoms with Gasteiger partial charge in [-0.2, -0.15) is 5.06 Å². The molecule has 0 aromatic heterocycles. The molecule has 1 spiro atoms. The van der Waals surface area contributed by atoms with Gasteiger partial charge in [0.25, 0.3) is 0 Å². The number of carbonyl (C=O) groups excluding carboxylic acids is 1. The number of ether oxygens (including phenoxy) is 1. The van der Waals surface area contributed by atoms with Crippen LogP contribution in [-0.2, 0) is 14.4 Å². The van der Waals surface area contributed by atoms with Gasteiger partial charge in [-0.15, -0.1) is 0 Å². The molecule has 1 atom stereocenters. The van der Waals surface area contributed by atoms with E-state index in [0.717, 1.165) is 25.7 Å². The van der Waals surface area contributed by atoms with Crippen LogP contribution >= 0.6 is 0 Å². The number of hydroxylamine groups is 2. The minimum Gasteiger partial charge on any atom is -0.363 e. The van der Waals surface area contributed by atoms with Crippen molar-refractivity contribution in [1.29, 1.82) is 0 Å². The van der Waals surface area contributed by atoms with Gasteiger partial charge in [-0.1, -0.05) is 26.7 Å². The summed E-state index contributed by atoms with van der Waals surface area (Å²) in [7, 11) is 0. The Morgan fingerprint density at radius 1 is 1.13 bits per heavy atom. The van der Waals surface area contributed by atoms with E-state index in [2.05, 4.69) is 46.6 Å². The van der Waals surface area contributed by atoms with E-state index in [1.807, 2.05) is 0 Å². The predicted molar refractivity (Wildman–Crippen MR) is 92.2 cm³/mol. The quantitative estimate of drug-likeness (QED) is 0.731. The molecule has 2 rings (SSSR count). The van der Waals surface area contributed by atoms with Crippen molar-refractivity contribution in [3.63, 3.8) is 0 Å². The van der Waals surface area contributed by atoms with Crippen LogP contribution in [0.2, 0.25) is 0 Å². The molecule has 23 heavy (non-hydrogen) atoms. The van der Waals surface area contributed by atoms with Crippen LogP contribution in [-0.4, -0.2) is 40.2 Å². The minimum absolute atomic E-state index is 0.108. The number of hydrogen-bond donors (Lipinski definition) is 0. The molecule has 2 aliphatic rings. The van der Waals surface area contributed by atoms with E-state index in [4.69, 9.17) is 9.57 Å². The molecule has 0 radical (unpaired) electrons. The molecule has 0 aromatic carbocycles. The average molecular weight is 325 g/mol. The summed E-state index contributed by atoms with van der Waals surface area (Å²) in [6.07, 6.45) is 6.40. The highest BCUT2D eigenvalue weighted by molar-refractivity contribution is 5.90. The molecule has 2 aliphatic heterocycles. The highest BCUT2D eigenvalue weighted by atomic mass is 16.7. The third kappa shape index (κ3) is 3.80. The van der Waals surface area contributed by atoms with Crippen molar-refractivity contribution in [2.75, 3.05) is 6.61 Å². The molecule has 4 nitrogen and oxygen atoms in total. The van der Waals surface area contributed by atoms with Crippen LogP contribution in [0.1, 0.15) is 86.5 Å². The zero-order chi connectivity index (χ0) is 17.3. The summed E-state index contributed by atoms with van der Waals surface area (Å²) in [5.74, 6) is 0.301. The molecule has 4 heteroatoms. The smallest absolute Gasteiger partial charge is 0.167 e. The first kappa shape index (κ1) is 18.9. The van der Waals surface area contributed by atoms with Crippen molar-refractivity contribution >= 4 is 5.78 Å². The van der Waals surface area contributed by atoms with Crippen LogP contribution < -0.4 is 0 Å². The summed E-state index contributed by atoms with van der Waals surface area (Å²) >= 11 is 0. The van der Waals surface area contributed by atoms with Gasteiger partial charge in [0.2, 0.25) is 0 Å². The summed E-state index contributed by atoms with van der Waals surface area (Å²) in [6.45, 7) is 13.7. The number of rotatable bonds is 6. The maximum Gasteiger partial charge on any atom is 0.167 e. The summed E-state index contributed by atoms with van der Waals surface area (Å²) in [4.78, 5) is 18.9. The molecular weight excluding hydrogens is 290 g/mol. The summed E-state index contributed by atoms with van der Waals surface area (Å²) in [6, 6.07) is 0. The maximum atomic E-state index is 12.8. The van der Waals surface area contributed by atoms with Crippen molar-refractivity contribution in [2.45, 2.75) is 109 Å². The SMILES string of the molecule is CCCCC1CC(=O)C2(CC(C)(C)N(OCCC)C(C)(C)C2)O1. The van der Waals surface area contributed by atoms with Crippen molar-refractivity contribution in [3.8, 4) is 0 Å². The largest absolute Gasteiger partial charge is 0.363 e. The second-order valence-electron chi connectivity index (χ2n) is 8.61. The van der Waals surface area contributed by atoms with Crippen LogP contribution in [0, 0.1) is 0 Å². The Kier molecular flexibility index (Phi) is 5.59. The van der Waals surface area contributed by atoms with E-state index < -0.39 is 5.60 Å². The van der Waals surface area contributed by atoms with Gasteiger partial charge in [-0.3, -0.25) is 9.63 Å². The first-order chi connectivity index (χ1) is 10.7. The van der Waals surface area contributed by atoms with Gasteiger partial charge in [0.1, 0.15) is 5.60 Å². The molecule has 0 saturated carbocycles. The number of piperidine rings is 1. The fourth-order valence-electron chi connectivity index (χ4n) is 4.65. The highest BCUT2D eigenvalue weighted by Crippen LogP contribution is 2.49. The van der Waals surface area contributed by atoms with Crippen molar-refractivity contribution in [3.05, 3.63) is 0 Å². The lowest BCUT2D eigenvalue weighted by atomic mass is 9.71. The zero-order valence-electron chi connectivity index (χ0n) is 15.9. The monoisotopic (exact) mass is 325 g/mol. The Labute approximate surface area is 141 Å². The molecule has 2 heterocycles. The third-order valence-electron chi connectivity index (χ3n) is 5.15. The minimum atomic E-state index is -0.614. The Morgan fingerprint density at radius 3 is 2.26 bits per heavy atom. The first-order valence-corrected chi connectivity index (χ1v) is 9.31. The molecule has 1 unspecified atom stereocenters. The molecule has 2 fully saturated rings. The van der Waals surface area contributed by atoms with Gasteiger partial charge >= 0.3 is 0 Å². The Balaban J connectivity index is 2.19. The molecule has 2 saturated heterocycles. The molecular formula is C19H35NO3. The molecule has 134 valence electrons. The Morgan fingerprint density at radius 2 is 1.74 bits per heavy atom. The van der Waals surface area contributed by atoms with Gasteiger partial charge in [0, 0.05) is 30.3 Å². The fourth-order valence-corrected chi connectivity index (χ4v) is 4.65. The molecule has 0 bridgehead atoms. The normalized spacial score (nSPS) is 29.3. The second kappa shape index (κ2) is 6.81. The van der Waals surface area contributed by atoms with Crippen molar-refractivity contribution in [2.24, 2.45) is 0 Å². The maximum absolute atomic E-state index is 12.8. The number of ketones is 1. The van der Waals surface area contributed by atoms with E-state index in [0.29, 0.717) is 31.7 Å². The molecule has 0 aromatic rings. The topological polar surface area (TPSA) is 38.8 Å². The number of unbranched alkanes of at least 4 members (excludes halogenated alkanes) is 1. The van der Waals surface area contributed by atoms with Crippen LogP contribution in [0.5, 0.6) is 0 Å². The predicted octanol–water partition coefficient (Wildman–Crippen LogP) is 4.27. The Hall–Kier alpha value is -0.450. The van der Waals surface area contributed by atoms with E-state index in [1.165, 1.54) is 0 Å². The molecule has 0 N–H and O–H groups in total. The van der Waals surface area contributed by atoms with Gasteiger partial charge in [0.05, 0.1) is 12.7 Å². The lowest BCUT2D eigenvalue weighted by molar-refractivity contribution is -0.304. The van der Waals surface area contributed by atoms with Gasteiger partial charge in [-0.05, 0) is 40.5 Å². The fraction of sp³-hybridized carbons (Fsp3) is 0.947. The number of carbonyl (C=O) groups is 1. The Bertz CT molecular complexity index is 412. The average Bonchev–Trinajstić information content (AvgIpc) is 2.69. The van der Waals surface area contributed by atoms with Gasteiger partial charge < -0.3 is 4.74 Å². The molecule has 0 amide bonds. The zero-order valence-corrected chi connectivity index (χ0v) is 15.9. The first-order valence-electron chi connectivity index (χ1n) is 9.31. The van der Waals surface area contributed by atoms with Gasteiger partial charge in [0.15, 0.2) is 5.78 Å². The lowest BCUT2D eigenvalue weighted by Crippen LogP contribution is -2.66. The summed E-state index contributed by atoms with van der Waals surface area (Å²) in [5.41, 5.74) is -1.05. The number of Topliss-reactive ketones (excluding diaryl/α,β-unsaturated/α-hetero) is 1. The second-order valence-corrected chi connectivity index (χ2v) is 8.61. The van der Waals surface area contributed by atoms with Crippen LogP contribution in [0.4, 0.5) is 0 Å². The van der Waals surface area contributed by atoms with Crippen LogP contribution in [0.25, 0.3) is 0 Å². The van der Waals surface area contributed by atoms with Crippen molar-refractivity contribution < 1.29 is 14.4 Å². The highest BCUT2D eigenvalue weighted by Gasteiger charge is 2.60.